The van der Waals surface area contributed by atoms with Crippen molar-refractivity contribution in [2.24, 2.45) is 0 Å². The van der Waals surface area contributed by atoms with Gasteiger partial charge in [-0.2, -0.15) is 0 Å². The van der Waals surface area contributed by atoms with Crippen molar-refractivity contribution in [1.29, 1.82) is 0 Å². The summed E-state index contributed by atoms with van der Waals surface area (Å²) in [7, 11) is 0. The van der Waals surface area contributed by atoms with Crippen molar-refractivity contribution in [3.63, 3.8) is 0 Å². The highest BCUT2D eigenvalue weighted by Crippen LogP contribution is 2.23. The first kappa shape index (κ1) is 25.1. The second kappa shape index (κ2) is 9.15. The predicted molar refractivity (Wildman–Crippen MR) is 121 cm³/mol. The zero-order valence-corrected chi connectivity index (χ0v) is 20.8. The molecule has 2 aliphatic rings. The Hall–Kier alpha value is -1.14. The molecule has 2 fully saturated rings. The van der Waals surface area contributed by atoms with Crippen LogP contribution in [0.3, 0.4) is 0 Å². The van der Waals surface area contributed by atoms with Crippen LogP contribution < -0.4 is 21.3 Å². The largest absolute Gasteiger partial charge is 0.353 e. The van der Waals surface area contributed by atoms with Crippen LogP contribution in [0, 0.1) is 0 Å². The Morgan fingerprint density at radius 2 is 0.900 bits per heavy atom. The molecule has 0 spiro atoms. The molecule has 2 rings (SSSR count). The van der Waals surface area contributed by atoms with Gasteiger partial charge in [-0.15, -0.1) is 0 Å². The minimum atomic E-state index is 0.125. The van der Waals surface area contributed by atoms with Gasteiger partial charge < -0.3 is 21.3 Å². The lowest BCUT2D eigenvalue weighted by atomic mass is 9.79. The van der Waals surface area contributed by atoms with Gasteiger partial charge in [0.25, 0.3) is 0 Å². The van der Waals surface area contributed by atoms with E-state index in [0.717, 1.165) is 38.5 Å². The van der Waals surface area contributed by atoms with Gasteiger partial charge in [-0.05, 0) is 68.2 Å². The predicted octanol–water partition coefficient (Wildman–Crippen LogP) is 1.35. The van der Waals surface area contributed by atoms with Gasteiger partial charge >= 0.3 is 0 Å². The molecule has 6 nitrogen and oxygen atoms in total. The van der Waals surface area contributed by atoms with E-state index in [1.54, 1.807) is 0 Å². The van der Waals surface area contributed by atoms with E-state index in [1.165, 1.54) is 0 Å². The van der Waals surface area contributed by atoms with E-state index in [0.29, 0.717) is 12.8 Å². The van der Waals surface area contributed by atoms with Crippen molar-refractivity contribution >= 4 is 11.8 Å². The molecule has 0 atom stereocenters. The van der Waals surface area contributed by atoms with E-state index in [1.807, 2.05) is 0 Å². The summed E-state index contributed by atoms with van der Waals surface area (Å²) in [6.45, 7) is 18.0. The summed E-state index contributed by atoms with van der Waals surface area (Å²) in [4.78, 5) is 24.8. The third-order valence-electron chi connectivity index (χ3n) is 6.44. The molecule has 0 radical (unpaired) electrons. The lowest BCUT2D eigenvalue weighted by Gasteiger charge is -2.43. The van der Waals surface area contributed by atoms with Crippen LogP contribution in [0.2, 0.25) is 0 Å². The van der Waals surface area contributed by atoms with Gasteiger partial charge in [0.05, 0.1) is 22.2 Å². The summed E-state index contributed by atoms with van der Waals surface area (Å²) in [5, 5.41) is 11.3. The lowest BCUT2D eigenvalue weighted by Crippen LogP contribution is -3.06. The van der Waals surface area contributed by atoms with E-state index in [-0.39, 0.29) is 46.1 Å². The van der Waals surface area contributed by atoms with E-state index in [9.17, 15) is 9.59 Å². The Labute approximate surface area is 184 Å². The third kappa shape index (κ3) is 8.54. The number of piperidine rings is 2. The molecule has 2 amide bonds. The van der Waals surface area contributed by atoms with Crippen LogP contribution in [0.4, 0.5) is 0 Å². The van der Waals surface area contributed by atoms with Crippen molar-refractivity contribution in [3.8, 4) is 0 Å². The zero-order valence-electron chi connectivity index (χ0n) is 20.8. The molecular weight excluding hydrogens is 376 g/mol. The van der Waals surface area contributed by atoms with Gasteiger partial charge in [0.1, 0.15) is 0 Å². The molecule has 2 aliphatic heterocycles. The second-order valence-corrected chi connectivity index (χ2v) is 12.8. The average Bonchev–Trinajstić information content (AvgIpc) is 2.44. The number of nitrogens with one attached hydrogen (secondary N) is 2. The normalized spacial score (nSPS) is 25.5. The van der Waals surface area contributed by atoms with Gasteiger partial charge in [0.15, 0.2) is 0 Å². The molecule has 0 unspecified atom stereocenters. The van der Waals surface area contributed by atoms with Crippen molar-refractivity contribution in [3.05, 3.63) is 0 Å². The first-order valence-corrected chi connectivity index (χ1v) is 11.9. The number of hydrogen-bond donors (Lipinski definition) is 4. The molecule has 0 aromatic heterocycles. The molecule has 6 heteroatoms. The number of unbranched alkanes of at least 4 members (excludes halogenated alkanes) is 1. The number of carbonyl (C=O) groups is 2. The lowest BCUT2D eigenvalue weighted by molar-refractivity contribution is -0.788. The molecule has 174 valence electrons. The van der Waals surface area contributed by atoms with Crippen LogP contribution in [0.5, 0.6) is 0 Å². The summed E-state index contributed by atoms with van der Waals surface area (Å²) in [5.41, 5.74) is 0.602. The summed E-state index contributed by atoms with van der Waals surface area (Å²) >= 11 is 0. The fourth-order valence-electron chi connectivity index (χ4n) is 6.41. The quantitative estimate of drug-likeness (QED) is 0.465. The number of hydrogen-bond acceptors (Lipinski definition) is 2. The minimum absolute atomic E-state index is 0.125. The molecular formula is C24H48N4O2+2. The molecule has 0 aliphatic carbocycles. The molecule has 30 heavy (non-hydrogen) atoms. The molecule has 2 saturated heterocycles. The summed E-state index contributed by atoms with van der Waals surface area (Å²) in [5.74, 6) is 0.250. The number of amides is 2. The first-order chi connectivity index (χ1) is 13.6. The highest BCUT2D eigenvalue weighted by molar-refractivity contribution is 5.77. The van der Waals surface area contributed by atoms with E-state index in [2.05, 4.69) is 76.7 Å². The Kier molecular flexibility index (Phi) is 7.67. The fourth-order valence-corrected chi connectivity index (χ4v) is 6.41. The molecule has 6 N–H and O–H groups in total. The van der Waals surface area contributed by atoms with Gasteiger partial charge in [0.2, 0.25) is 11.8 Å². The number of nitrogens with two attached hydrogens (primary N) is 2. The minimum Gasteiger partial charge on any atom is -0.353 e. The fraction of sp³-hybridized carbons (Fsp3) is 0.917. The smallest absolute Gasteiger partial charge is 0.220 e. The molecule has 0 aromatic rings. The maximum Gasteiger partial charge on any atom is 0.220 e. The Bertz CT molecular complexity index is 539. The van der Waals surface area contributed by atoms with Crippen molar-refractivity contribution in [1.82, 2.24) is 10.6 Å². The average molecular weight is 425 g/mol. The second-order valence-electron chi connectivity index (χ2n) is 12.8. The summed E-state index contributed by atoms with van der Waals surface area (Å²) in [6, 6.07) is 0.483. The van der Waals surface area contributed by atoms with Gasteiger partial charge in [-0.1, -0.05) is 0 Å². The molecule has 0 aromatic carbocycles. The number of rotatable bonds is 7. The third-order valence-corrected chi connectivity index (χ3v) is 6.44. The van der Waals surface area contributed by atoms with Crippen LogP contribution in [-0.4, -0.2) is 46.1 Å². The first-order valence-electron chi connectivity index (χ1n) is 11.9. The Morgan fingerprint density at radius 1 is 0.633 bits per heavy atom. The van der Waals surface area contributed by atoms with Crippen LogP contribution in [0.1, 0.15) is 107 Å². The van der Waals surface area contributed by atoms with Crippen LogP contribution in [0.25, 0.3) is 0 Å². The van der Waals surface area contributed by atoms with Crippen LogP contribution in [-0.2, 0) is 9.59 Å². The molecule has 0 saturated carbocycles. The van der Waals surface area contributed by atoms with Gasteiger partial charge in [-0.25, -0.2) is 0 Å². The zero-order chi connectivity index (χ0) is 22.8. The van der Waals surface area contributed by atoms with Crippen LogP contribution in [0.15, 0.2) is 0 Å². The van der Waals surface area contributed by atoms with E-state index in [4.69, 9.17) is 0 Å². The number of quaternary nitrogens is 2. The summed E-state index contributed by atoms with van der Waals surface area (Å²) < 4.78 is 0. The van der Waals surface area contributed by atoms with Crippen molar-refractivity contribution < 1.29 is 20.2 Å². The maximum atomic E-state index is 12.4. The van der Waals surface area contributed by atoms with Crippen LogP contribution >= 0.6 is 0 Å². The van der Waals surface area contributed by atoms with Gasteiger partial charge in [0, 0.05) is 50.6 Å². The highest BCUT2D eigenvalue weighted by atomic mass is 16.2. The monoisotopic (exact) mass is 424 g/mol. The molecule has 0 bridgehead atoms. The standard InChI is InChI=1S/C24H46N4O2/c1-21(2)13-17(14-22(3,4)27-21)25-19(29)11-9-10-12-20(30)26-18-15-23(5,6)28-24(7,8)16-18/h17-18,27-28H,9-16H2,1-8H3,(H,25,29)(H,26,30)/p+2. The number of carbonyl (C=O) groups excluding carboxylic acids is 2. The molecule has 2 heterocycles. The Balaban J connectivity index is 1.67. The maximum absolute atomic E-state index is 12.4. The van der Waals surface area contributed by atoms with Gasteiger partial charge in [-0.3, -0.25) is 9.59 Å². The topological polar surface area (TPSA) is 91.4 Å². The van der Waals surface area contributed by atoms with E-state index < -0.39 is 0 Å². The Morgan fingerprint density at radius 3 is 1.17 bits per heavy atom. The van der Waals surface area contributed by atoms with Crippen molar-refractivity contribution in [2.45, 2.75) is 141 Å². The van der Waals surface area contributed by atoms with E-state index >= 15 is 0 Å². The SMILES string of the molecule is CC1(C)CC(NC(=O)CCCCC(=O)NC2CC(C)(C)[NH2+]C(C)(C)C2)CC(C)(C)[NH2+]1. The summed E-state index contributed by atoms with van der Waals surface area (Å²) in [6.07, 6.45) is 6.53. The van der Waals surface area contributed by atoms with Crippen molar-refractivity contribution in [2.75, 3.05) is 0 Å². The highest BCUT2D eigenvalue weighted by Gasteiger charge is 2.43.